The van der Waals surface area contributed by atoms with E-state index in [-0.39, 0.29) is 47.7 Å². The van der Waals surface area contributed by atoms with Gasteiger partial charge in [-0.15, -0.1) is 18.3 Å². The molecule has 9 heteroatoms. The number of thioether (sulfide) groups is 1. The Hall–Kier alpha value is -1.32. The maximum atomic E-state index is 13.8. The molecule has 1 spiro atoms. The molecule has 3 aliphatic heterocycles. The quantitative estimate of drug-likeness (QED) is 0.272. The van der Waals surface area contributed by atoms with Crippen molar-refractivity contribution in [2.45, 2.75) is 53.6 Å². The van der Waals surface area contributed by atoms with E-state index in [4.69, 9.17) is 4.74 Å². The first-order valence-electron chi connectivity index (χ1n) is 10.7. The lowest BCUT2D eigenvalue weighted by atomic mass is 9.71. The fraction of sp³-hybridized carbons (Fsp3) is 0.682. The van der Waals surface area contributed by atoms with Crippen molar-refractivity contribution in [2.24, 2.45) is 11.8 Å². The van der Waals surface area contributed by atoms with Gasteiger partial charge in [0, 0.05) is 35.8 Å². The summed E-state index contributed by atoms with van der Waals surface area (Å²) < 4.78 is 4.66. The molecular formula is C22H31BrN2O5S. The molecule has 3 unspecified atom stereocenters. The molecule has 3 fully saturated rings. The van der Waals surface area contributed by atoms with Crippen molar-refractivity contribution in [3.05, 3.63) is 25.3 Å². The number of amides is 2. The molecule has 2 amide bonds. The van der Waals surface area contributed by atoms with Crippen LogP contribution in [0.15, 0.2) is 25.3 Å². The number of carbonyl (C=O) groups excluding carboxylic acids is 3. The number of aliphatic hydroxyl groups excluding tert-OH is 1. The van der Waals surface area contributed by atoms with Gasteiger partial charge in [-0.3, -0.25) is 14.4 Å². The van der Waals surface area contributed by atoms with E-state index in [0.29, 0.717) is 19.4 Å². The highest BCUT2D eigenvalue weighted by Gasteiger charge is 2.76. The Balaban J connectivity index is 2.04. The number of likely N-dealkylation sites (tertiary alicyclic amines) is 1. The standard InChI is InChI=1S/C22H31BrN2O5S/c1-5-8-24(13(3)4)20(28)18-22-12-14(23)17(31-22)15(21(29)30-11-6-2)16(22)19(27)25(18)9-7-10-26/h5-6,13-18,26H,1-2,7-12H2,3-4H3/t14?,15-,16-,17-,18?,22?/m0/s1. The van der Waals surface area contributed by atoms with Crippen LogP contribution in [0.4, 0.5) is 0 Å². The summed E-state index contributed by atoms with van der Waals surface area (Å²) in [7, 11) is 0. The van der Waals surface area contributed by atoms with Gasteiger partial charge in [-0.25, -0.2) is 0 Å². The van der Waals surface area contributed by atoms with Crippen LogP contribution in [0.3, 0.4) is 0 Å². The van der Waals surface area contributed by atoms with Gasteiger partial charge in [0.05, 0.1) is 16.6 Å². The first kappa shape index (κ1) is 24.3. The molecule has 0 aromatic rings. The third kappa shape index (κ3) is 3.97. The predicted octanol–water partition coefficient (Wildman–Crippen LogP) is 1.99. The Morgan fingerprint density at radius 2 is 2.13 bits per heavy atom. The van der Waals surface area contributed by atoms with Crippen molar-refractivity contribution < 1.29 is 24.2 Å². The number of aliphatic hydroxyl groups is 1. The van der Waals surface area contributed by atoms with E-state index in [1.807, 2.05) is 13.8 Å². The Labute approximate surface area is 196 Å². The normalized spacial score (nSPS) is 33.5. The highest BCUT2D eigenvalue weighted by atomic mass is 79.9. The van der Waals surface area contributed by atoms with E-state index >= 15 is 0 Å². The molecule has 6 atom stereocenters. The molecule has 3 saturated heterocycles. The summed E-state index contributed by atoms with van der Waals surface area (Å²) >= 11 is 5.29. The lowest BCUT2D eigenvalue weighted by Gasteiger charge is -2.39. The van der Waals surface area contributed by atoms with Crippen LogP contribution in [-0.4, -0.2) is 85.9 Å². The number of halogens is 1. The number of hydrogen-bond donors (Lipinski definition) is 1. The van der Waals surface area contributed by atoms with Crippen molar-refractivity contribution >= 4 is 45.5 Å². The van der Waals surface area contributed by atoms with E-state index in [1.54, 1.807) is 27.6 Å². The molecule has 2 bridgehead atoms. The minimum atomic E-state index is -0.700. The first-order chi connectivity index (χ1) is 14.7. The molecule has 3 aliphatic rings. The molecule has 3 heterocycles. The molecule has 1 N–H and O–H groups in total. The zero-order valence-corrected chi connectivity index (χ0v) is 20.4. The highest BCUT2D eigenvalue weighted by Crippen LogP contribution is 2.68. The molecule has 7 nitrogen and oxygen atoms in total. The maximum Gasteiger partial charge on any atom is 0.311 e. The summed E-state index contributed by atoms with van der Waals surface area (Å²) in [5.74, 6) is -1.96. The van der Waals surface area contributed by atoms with Crippen LogP contribution in [0.2, 0.25) is 0 Å². The minimum absolute atomic E-state index is 0.00262. The average Bonchev–Trinajstić information content (AvgIpc) is 3.31. The van der Waals surface area contributed by atoms with Crippen LogP contribution < -0.4 is 0 Å². The lowest BCUT2D eigenvalue weighted by Crippen LogP contribution is -2.56. The van der Waals surface area contributed by atoms with Crippen molar-refractivity contribution in [1.29, 1.82) is 0 Å². The SMILES string of the molecule is C=CCOC(=O)[C@H]1[C@H]2C(=O)N(CCCO)C(C(=O)N(CC=C)C(C)C)C23CC(Br)[C@@H]1S3. The van der Waals surface area contributed by atoms with Gasteiger partial charge in [0.1, 0.15) is 12.6 Å². The summed E-state index contributed by atoms with van der Waals surface area (Å²) in [6.07, 6.45) is 4.19. The molecular weight excluding hydrogens is 484 g/mol. The largest absolute Gasteiger partial charge is 0.461 e. The van der Waals surface area contributed by atoms with Crippen molar-refractivity contribution in [2.75, 3.05) is 26.3 Å². The Morgan fingerprint density at radius 1 is 1.42 bits per heavy atom. The second-order valence-corrected chi connectivity index (χ2v) is 11.3. The number of carbonyl (C=O) groups is 3. The zero-order chi connectivity index (χ0) is 22.9. The third-order valence-electron chi connectivity index (χ3n) is 6.43. The van der Waals surface area contributed by atoms with Gasteiger partial charge in [-0.2, -0.15) is 0 Å². The van der Waals surface area contributed by atoms with Crippen LogP contribution in [0.25, 0.3) is 0 Å². The second-order valence-electron chi connectivity index (χ2n) is 8.56. The van der Waals surface area contributed by atoms with Crippen LogP contribution in [0.1, 0.15) is 26.7 Å². The molecule has 0 radical (unpaired) electrons. The monoisotopic (exact) mass is 514 g/mol. The van der Waals surface area contributed by atoms with Crippen LogP contribution in [0, 0.1) is 11.8 Å². The molecule has 0 saturated carbocycles. The van der Waals surface area contributed by atoms with Gasteiger partial charge in [0.2, 0.25) is 11.8 Å². The molecule has 0 aromatic carbocycles. The summed E-state index contributed by atoms with van der Waals surface area (Å²) in [6.45, 7) is 11.9. The summed E-state index contributed by atoms with van der Waals surface area (Å²) in [5.41, 5.74) is 0. The molecule has 0 aliphatic carbocycles. The van der Waals surface area contributed by atoms with E-state index < -0.39 is 28.6 Å². The van der Waals surface area contributed by atoms with Gasteiger partial charge in [-0.1, -0.05) is 34.7 Å². The van der Waals surface area contributed by atoms with Gasteiger partial charge >= 0.3 is 5.97 Å². The number of rotatable bonds is 10. The summed E-state index contributed by atoms with van der Waals surface area (Å²) in [6, 6.07) is -0.751. The van der Waals surface area contributed by atoms with Crippen molar-refractivity contribution in [1.82, 2.24) is 9.80 Å². The van der Waals surface area contributed by atoms with E-state index in [2.05, 4.69) is 29.1 Å². The number of esters is 1. The molecule has 172 valence electrons. The van der Waals surface area contributed by atoms with Crippen LogP contribution in [-0.2, 0) is 19.1 Å². The Kier molecular flexibility index (Phi) is 7.58. The van der Waals surface area contributed by atoms with Crippen LogP contribution >= 0.6 is 27.7 Å². The molecule has 31 heavy (non-hydrogen) atoms. The first-order valence-corrected chi connectivity index (χ1v) is 12.5. The summed E-state index contributed by atoms with van der Waals surface area (Å²) in [5, 5.41) is 9.26. The van der Waals surface area contributed by atoms with Crippen molar-refractivity contribution in [3.63, 3.8) is 0 Å². The number of fused-ring (bicyclic) bond motifs is 1. The smallest absolute Gasteiger partial charge is 0.311 e. The zero-order valence-electron chi connectivity index (χ0n) is 18.0. The van der Waals surface area contributed by atoms with Crippen LogP contribution in [0.5, 0.6) is 0 Å². The maximum absolute atomic E-state index is 13.8. The van der Waals surface area contributed by atoms with Gasteiger partial charge in [-0.05, 0) is 26.7 Å². The van der Waals surface area contributed by atoms with E-state index in [9.17, 15) is 19.5 Å². The fourth-order valence-corrected chi connectivity index (χ4v) is 8.84. The lowest BCUT2D eigenvalue weighted by molar-refractivity contribution is -0.153. The number of hydrogen-bond acceptors (Lipinski definition) is 6. The van der Waals surface area contributed by atoms with Gasteiger partial charge in [0.15, 0.2) is 0 Å². The number of nitrogens with zero attached hydrogens (tertiary/aromatic N) is 2. The topological polar surface area (TPSA) is 87.1 Å². The third-order valence-corrected chi connectivity index (χ3v) is 9.65. The van der Waals surface area contributed by atoms with Gasteiger partial charge < -0.3 is 19.6 Å². The Bertz CT molecular complexity index is 762. The molecule has 0 aromatic heterocycles. The number of alkyl halides is 1. The minimum Gasteiger partial charge on any atom is -0.461 e. The van der Waals surface area contributed by atoms with E-state index in [0.717, 1.165) is 0 Å². The summed E-state index contributed by atoms with van der Waals surface area (Å²) in [4.78, 5) is 43.8. The fourth-order valence-electron chi connectivity index (χ4n) is 5.25. The van der Waals surface area contributed by atoms with Crippen molar-refractivity contribution in [3.8, 4) is 0 Å². The molecule has 3 rings (SSSR count). The highest BCUT2D eigenvalue weighted by molar-refractivity contribution is 9.09. The average molecular weight is 515 g/mol. The number of ether oxygens (including phenoxy) is 1. The Morgan fingerprint density at radius 3 is 2.71 bits per heavy atom. The second kappa shape index (κ2) is 9.67. The van der Waals surface area contributed by atoms with E-state index in [1.165, 1.54) is 6.08 Å². The predicted molar refractivity (Wildman–Crippen MR) is 124 cm³/mol. The van der Waals surface area contributed by atoms with Gasteiger partial charge in [0.25, 0.3) is 0 Å².